The highest BCUT2D eigenvalue weighted by atomic mass is 16.5. The zero-order valence-electron chi connectivity index (χ0n) is 11.5. The lowest BCUT2D eigenvalue weighted by Crippen LogP contribution is -2.46. The van der Waals surface area contributed by atoms with Crippen LogP contribution in [0.4, 0.5) is 0 Å². The van der Waals surface area contributed by atoms with Crippen molar-refractivity contribution in [3.05, 3.63) is 0 Å². The van der Waals surface area contributed by atoms with Crippen molar-refractivity contribution >= 4 is 5.91 Å². The van der Waals surface area contributed by atoms with E-state index in [0.29, 0.717) is 6.61 Å². The van der Waals surface area contributed by atoms with Crippen LogP contribution in [0.25, 0.3) is 0 Å². The Labute approximate surface area is 110 Å². The number of carbonyl (C=O) groups excluding carboxylic acids is 1. The molecule has 0 radical (unpaired) electrons. The van der Waals surface area contributed by atoms with Gasteiger partial charge in [-0.1, -0.05) is 6.42 Å². The Bertz CT molecular complexity index is 271. The molecule has 1 atom stereocenters. The average Bonchev–Trinajstić information content (AvgIpc) is 2.81. The van der Waals surface area contributed by atoms with Crippen molar-refractivity contribution in [1.82, 2.24) is 10.6 Å². The van der Waals surface area contributed by atoms with Gasteiger partial charge in [0.15, 0.2) is 0 Å². The van der Waals surface area contributed by atoms with Gasteiger partial charge < -0.3 is 15.4 Å². The zero-order valence-corrected chi connectivity index (χ0v) is 11.5. The van der Waals surface area contributed by atoms with Crippen molar-refractivity contribution in [3.8, 4) is 0 Å². The molecule has 2 N–H and O–H groups in total. The molecule has 104 valence electrons. The van der Waals surface area contributed by atoms with E-state index in [1.807, 2.05) is 0 Å². The summed E-state index contributed by atoms with van der Waals surface area (Å²) in [5.41, 5.74) is -0.107. The minimum Gasteiger partial charge on any atom is -0.385 e. The fourth-order valence-corrected chi connectivity index (χ4v) is 3.03. The van der Waals surface area contributed by atoms with Gasteiger partial charge in [0, 0.05) is 20.3 Å². The van der Waals surface area contributed by atoms with Crippen molar-refractivity contribution in [2.75, 3.05) is 33.4 Å². The van der Waals surface area contributed by atoms with Crippen LogP contribution >= 0.6 is 0 Å². The van der Waals surface area contributed by atoms with Crippen LogP contribution in [-0.2, 0) is 9.53 Å². The van der Waals surface area contributed by atoms with E-state index in [1.165, 1.54) is 12.8 Å². The highest BCUT2D eigenvalue weighted by Gasteiger charge is 2.43. The van der Waals surface area contributed by atoms with Crippen molar-refractivity contribution in [2.24, 2.45) is 11.3 Å². The van der Waals surface area contributed by atoms with Crippen LogP contribution in [-0.4, -0.2) is 39.3 Å². The quantitative estimate of drug-likeness (QED) is 0.720. The maximum absolute atomic E-state index is 12.2. The summed E-state index contributed by atoms with van der Waals surface area (Å²) in [6.07, 6.45) is 6.49. The lowest BCUT2D eigenvalue weighted by atomic mass is 9.66. The van der Waals surface area contributed by atoms with E-state index in [4.69, 9.17) is 4.74 Å². The molecule has 0 aromatic carbocycles. The molecular formula is C14H26N2O2. The molecule has 2 fully saturated rings. The lowest BCUT2D eigenvalue weighted by molar-refractivity contribution is -0.137. The highest BCUT2D eigenvalue weighted by molar-refractivity contribution is 5.83. The van der Waals surface area contributed by atoms with Crippen LogP contribution in [0, 0.1) is 11.3 Å². The maximum atomic E-state index is 12.2. The summed E-state index contributed by atoms with van der Waals surface area (Å²) in [5, 5.41) is 6.50. The number of methoxy groups -OCH3 is 1. The normalized spacial score (nSPS) is 25.7. The number of hydrogen-bond donors (Lipinski definition) is 2. The van der Waals surface area contributed by atoms with Gasteiger partial charge in [0.1, 0.15) is 0 Å². The minimum absolute atomic E-state index is 0.107. The summed E-state index contributed by atoms with van der Waals surface area (Å²) >= 11 is 0. The smallest absolute Gasteiger partial charge is 0.226 e. The molecule has 1 aliphatic heterocycles. The van der Waals surface area contributed by atoms with E-state index in [9.17, 15) is 4.79 Å². The Kier molecular flexibility index (Phi) is 5.01. The van der Waals surface area contributed by atoms with Crippen LogP contribution in [0.2, 0.25) is 0 Å². The molecule has 1 saturated carbocycles. The summed E-state index contributed by atoms with van der Waals surface area (Å²) in [4.78, 5) is 12.2. The Morgan fingerprint density at radius 3 is 2.89 bits per heavy atom. The van der Waals surface area contributed by atoms with Crippen LogP contribution in [0.1, 0.15) is 38.5 Å². The lowest BCUT2D eigenvalue weighted by Gasteiger charge is -2.40. The topological polar surface area (TPSA) is 50.4 Å². The molecule has 0 aromatic heterocycles. The molecule has 4 nitrogen and oxygen atoms in total. The number of carbonyl (C=O) groups is 1. The first-order valence-electron chi connectivity index (χ1n) is 7.25. The van der Waals surface area contributed by atoms with Gasteiger partial charge in [-0.05, 0) is 51.1 Å². The highest BCUT2D eigenvalue weighted by Crippen LogP contribution is 2.44. The van der Waals surface area contributed by atoms with Crippen LogP contribution in [0.15, 0.2) is 0 Å². The summed E-state index contributed by atoms with van der Waals surface area (Å²) in [5.74, 6) is 1.01. The molecule has 1 amide bonds. The largest absolute Gasteiger partial charge is 0.385 e. The van der Waals surface area contributed by atoms with Crippen molar-refractivity contribution < 1.29 is 9.53 Å². The summed E-state index contributed by atoms with van der Waals surface area (Å²) in [7, 11) is 1.71. The Morgan fingerprint density at radius 1 is 1.50 bits per heavy atom. The minimum atomic E-state index is -0.107. The third-order valence-electron chi connectivity index (χ3n) is 4.58. The molecule has 0 aromatic rings. The standard InChI is InChI=1S/C14H26N2O2/c1-18-10-7-14(5-2-6-14)13(17)16-9-4-12-3-8-15-11-12/h12,15H,2-11H2,1H3,(H,16,17). The average molecular weight is 254 g/mol. The summed E-state index contributed by atoms with van der Waals surface area (Å²) in [6.45, 7) is 3.78. The van der Waals surface area contributed by atoms with Gasteiger partial charge in [0.25, 0.3) is 0 Å². The van der Waals surface area contributed by atoms with Crippen LogP contribution in [0.3, 0.4) is 0 Å². The molecule has 18 heavy (non-hydrogen) atoms. The van der Waals surface area contributed by atoms with E-state index in [-0.39, 0.29) is 11.3 Å². The first kappa shape index (κ1) is 13.8. The number of ether oxygens (including phenoxy) is 1. The van der Waals surface area contributed by atoms with Crippen LogP contribution in [0.5, 0.6) is 0 Å². The van der Waals surface area contributed by atoms with E-state index in [1.54, 1.807) is 7.11 Å². The van der Waals surface area contributed by atoms with Gasteiger partial charge in [-0.3, -0.25) is 4.79 Å². The predicted octanol–water partition coefficient (Wildman–Crippen LogP) is 1.31. The van der Waals surface area contributed by atoms with E-state index in [2.05, 4.69) is 10.6 Å². The second-order valence-corrected chi connectivity index (χ2v) is 5.78. The van der Waals surface area contributed by atoms with E-state index < -0.39 is 0 Å². The van der Waals surface area contributed by atoms with Gasteiger partial charge in [-0.2, -0.15) is 0 Å². The molecular weight excluding hydrogens is 228 g/mol. The fourth-order valence-electron chi connectivity index (χ4n) is 3.03. The second-order valence-electron chi connectivity index (χ2n) is 5.78. The Hall–Kier alpha value is -0.610. The van der Waals surface area contributed by atoms with Gasteiger partial charge in [-0.25, -0.2) is 0 Å². The molecule has 4 heteroatoms. The van der Waals surface area contributed by atoms with Gasteiger partial charge >= 0.3 is 0 Å². The first-order chi connectivity index (χ1) is 8.77. The van der Waals surface area contributed by atoms with Crippen molar-refractivity contribution in [2.45, 2.75) is 38.5 Å². The zero-order chi connectivity index (χ0) is 12.8. The summed E-state index contributed by atoms with van der Waals surface area (Å²) in [6, 6.07) is 0. The molecule has 0 bridgehead atoms. The number of nitrogens with one attached hydrogen (secondary N) is 2. The molecule has 1 unspecified atom stereocenters. The number of amides is 1. The Morgan fingerprint density at radius 2 is 2.33 bits per heavy atom. The third kappa shape index (κ3) is 3.23. The summed E-state index contributed by atoms with van der Waals surface area (Å²) < 4.78 is 5.12. The van der Waals surface area contributed by atoms with Gasteiger partial charge in [-0.15, -0.1) is 0 Å². The number of hydrogen-bond acceptors (Lipinski definition) is 3. The molecule has 1 saturated heterocycles. The maximum Gasteiger partial charge on any atom is 0.226 e. The first-order valence-corrected chi connectivity index (χ1v) is 7.25. The molecule has 2 rings (SSSR count). The van der Waals surface area contributed by atoms with Gasteiger partial charge in [0.2, 0.25) is 5.91 Å². The molecule has 1 aliphatic carbocycles. The molecule has 2 aliphatic rings. The fraction of sp³-hybridized carbons (Fsp3) is 0.929. The SMILES string of the molecule is COCCC1(C(=O)NCCC2CCNC2)CCC1. The number of rotatable bonds is 7. The van der Waals surface area contributed by atoms with E-state index in [0.717, 1.165) is 51.2 Å². The second kappa shape index (κ2) is 6.53. The van der Waals surface area contributed by atoms with Crippen molar-refractivity contribution in [1.29, 1.82) is 0 Å². The third-order valence-corrected chi connectivity index (χ3v) is 4.58. The predicted molar refractivity (Wildman–Crippen MR) is 71.4 cm³/mol. The molecule has 1 heterocycles. The monoisotopic (exact) mass is 254 g/mol. The Balaban J connectivity index is 1.68. The van der Waals surface area contributed by atoms with Gasteiger partial charge in [0.05, 0.1) is 5.41 Å². The van der Waals surface area contributed by atoms with Crippen LogP contribution < -0.4 is 10.6 Å². The molecule has 0 spiro atoms. The van der Waals surface area contributed by atoms with E-state index >= 15 is 0 Å². The van der Waals surface area contributed by atoms with Crippen molar-refractivity contribution in [3.63, 3.8) is 0 Å².